The number of rotatable bonds is 1. The topological polar surface area (TPSA) is 30.7 Å². The molecule has 0 aliphatic rings. The Bertz CT molecular complexity index is 493. The van der Waals surface area contributed by atoms with E-state index in [0.717, 1.165) is 0 Å². The highest BCUT2D eigenvalue weighted by molar-refractivity contribution is 9.10. The van der Waals surface area contributed by atoms with Gasteiger partial charge in [0.05, 0.1) is 5.69 Å². The van der Waals surface area contributed by atoms with Crippen molar-refractivity contribution in [2.75, 3.05) is 0 Å². The average molecular weight is 291 g/mol. The minimum atomic E-state index is -0.313. The van der Waals surface area contributed by atoms with Gasteiger partial charge in [0.15, 0.2) is 0 Å². The first kappa shape index (κ1) is 10.6. The molecule has 0 spiro atoms. The molecule has 15 heavy (non-hydrogen) atoms. The van der Waals surface area contributed by atoms with Crippen LogP contribution in [-0.4, -0.2) is 14.8 Å². The van der Waals surface area contributed by atoms with Crippen LogP contribution < -0.4 is 0 Å². The summed E-state index contributed by atoms with van der Waals surface area (Å²) in [5.41, 5.74) is 0.712. The number of hydrogen-bond donors (Lipinski definition) is 0. The van der Waals surface area contributed by atoms with Crippen molar-refractivity contribution in [2.45, 2.75) is 6.92 Å². The minimum absolute atomic E-state index is 0.250. The molecule has 0 saturated heterocycles. The largest absolute Gasteiger partial charge is 0.269 e. The summed E-state index contributed by atoms with van der Waals surface area (Å²) < 4.78 is 15.1. The third-order valence-electron chi connectivity index (χ3n) is 1.94. The van der Waals surface area contributed by atoms with Crippen molar-refractivity contribution in [3.8, 4) is 5.69 Å². The molecule has 78 valence electrons. The van der Waals surface area contributed by atoms with E-state index in [0.29, 0.717) is 16.0 Å². The third-order valence-corrected chi connectivity index (χ3v) is 2.82. The van der Waals surface area contributed by atoms with Crippen molar-refractivity contribution < 1.29 is 4.39 Å². The van der Waals surface area contributed by atoms with Gasteiger partial charge in [-0.2, -0.15) is 0 Å². The monoisotopic (exact) mass is 289 g/mol. The molecule has 0 bridgehead atoms. The van der Waals surface area contributed by atoms with Crippen molar-refractivity contribution >= 4 is 27.5 Å². The van der Waals surface area contributed by atoms with Crippen LogP contribution in [0.15, 0.2) is 22.7 Å². The zero-order chi connectivity index (χ0) is 11.0. The Labute approximate surface area is 99.0 Å². The zero-order valence-corrected chi connectivity index (χ0v) is 10.0. The van der Waals surface area contributed by atoms with E-state index in [1.165, 1.54) is 12.1 Å². The second-order valence-electron chi connectivity index (χ2n) is 2.95. The smallest absolute Gasteiger partial charge is 0.229 e. The van der Waals surface area contributed by atoms with Crippen LogP contribution in [0.25, 0.3) is 5.69 Å². The zero-order valence-electron chi connectivity index (χ0n) is 7.71. The van der Waals surface area contributed by atoms with Gasteiger partial charge in [-0.15, -0.1) is 10.2 Å². The van der Waals surface area contributed by atoms with Gasteiger partial charge >= 0.3 is 0 Å². The Kier molecular flexibility index (Phi) is 2.75. The highest BCUT2D eigenvalue weighted by Gasteiger charge is 2.11. The number of halogens is 3. The van der Waals surface area contributed by atoms with Crippen LogP contribution in [0, 0.1) is 12.7 Å². The van der Waals surface area contributed by atoms with Crippen LogP contribution in [0.4, 0.5) is 4.39 Å². The van der Waals surface area contributed by atoms with Crippen molar-refractivity contribution in [1.29, 1.82) is 0 Å². The highest BCUT2D eigenvalue weighted by atomic mass is 79.9. The fraction of sp³-hybridized carbons (Fsp3) is 0.111. The Morgan fingerprint density at radius 2 is 2.13 bits per heavy atom. The van der Waals surface area contributed by atoms with E-state index in [1.807, 2.05) is 0 Å². The second kappa shape index (κ2) is 3.90. The van der Waals surface area contributed by atoms with Gasteiger partial charge in [0, 0.05) is 4.47 Å². The molecule has 0 unspecified atom stereocenters. The summed E-state index contributed by atoms with van der Waals surface area (Å²) in [6, 6.07) is 4.34. The molecular formula is C9H6BrClFN3. The van der Waals surface area contributed by atoms with E-state index in [4.69, 9.17) is 11.6 Å². The number of aromatic nitrogens is 3. The van der Waals surface area contributed by atoms with Crippen molar-refractivity contribution in [2.24, 2.45) is 0 Å². The predicted molar refractivity (Wildman–Crippen MR) is 58.8 cm³/mol. The van der Waals surface area contributed by atoms with E-state index < -0.39 is 0 Å². The summed E-state index contributed by atoms with van der Waals surface area (Å²) in [5.74, 6) is 0.333. The lowest BCUT2D eigenvalue weighted by Crippen LogP contribution is -1.98. The van der Waals surface area contributed by atoms with E-state index in [2.05, 4.69) is 26.1 Å². The summed E-state index contributed by atoms with van der Waals surface area (Å²) in [6.07, 6.45) is 0. The molecule has 6 heteroatoms. The molecule has 2 aromatic rings. The van der Waals surface area contributed by atoms with Gasteiger partial charge in [-0.25, -0.2) is 4.39 Å². The Morgan fingerprint density at radius 1 is 1.40 bits per heavy atom. The van der Waals surface area contributed by atoms with Gasteiger partial charge in [-0.05, 0) is 52.7 Å². The molecule has 0 aliphatic carbocycles. The van der Waals surface area contributed by atoms with Gasteiger partial charge < -0.3 is 0 Å². The van der Waals surface area contributed by atoms with Gasteiger partial charge in [0.2, 0.25) is 5.28 Å². The fourth-order valence-electron chi connectivity index (χ4n) is 1.27. The first-order valence-electron chi connectivity index (χ1n) is 4.12. The molecular weight excluding hydrogens is 284 g/mol. The van der Waals surface area contributed by atoms with Gasteiger partial charge in [-0.1, -0.05) is 0 Å². The van der Waals surface area contributed by atoms with Crippen molar-refractivity contribution in [1.82, 2.24) is 14.8 Å². The summed E-state index contributed by atoms with van der Waals surface area (Å²) in [5, 5.41) is 7.79. The van der Waals surface area contributed by atoms with Crippen molar-refractivity contribution in [3.63, 3.8) is 0 Å². The first-order chi connectivity index (χ1) is 7.09. The molecule has 2 rings (SSSR count). The molecule has 3 nitrogen and oxygen atoms in total. The van der Waals surface area contributed by atoms with E-state index in [1.54, 1.807) is 17.6 Å². The quantitative estimate of drug-likeness (QED) is 0.808. The van der Waals surface area contributed by atoms with Crippen LogP contribution in [0.1, 0.15) is 5.82 Å². The van der Waals surface area contributed by atoms with Crippen LogP contribution >= 0.6 is 27.5 Å². The summed E-state index contributed by atoms with van der Waals surface area (Å²) in [7, 11) is 0. The summed E-state index contributed by atoms with van der Waals surface area (Å²) >= 11 is 9.13. The van der Waals surface area contributed by atoms with Crippen LogP contribution in [-0.2, 0) is 0 Å². The molecule has 0 atom stereocenters. The average Bonchev–Trinajstić information content (AvgIpc) is 2.48. The Balaban J connectivity index is 2.64. The fourth-order valence-corrected chi connectivity index (χ4v) is 2.05. The lowest BCUT2D eigenvalue weighted by molar-refractivity contribution is 0.626. The molecule has 0 aliphatic heterocycles. The number of benzene rings is 1. The maximum atomic E-state index is 12.9. The Hall–Kier alpha value is -0.940. The lowest BCUT2D eigenvalue weighted by Gasteiger charge is -2.07. The number of hydrogen-bond acceptors (Lipinski definition) is 2. The van der Waals surface area contributed by atoms with Gasteiger partial charge in [0.1, 0.15) is 11.6 Å². The molecule has 0 amide bonds. The predicted octanol–water partition coefficient (Wildman–Crippen LogP) is 3.13. The first-order valence-corrected chi connectivity index (χ1v) is 5.29. The van der Waals surface area contributed by atoms with Gasteiger partial charge in [-0.3, -0.25) is 4.57 Å². The standard InChI is InChI=1S/C9H6BrClFN3/c1-5-13-14-9(11)15(5)8-3-2-6(12)4-7(8)10/h2-4H,1H3. The highest BCUT2D eigenvalue weighted by Crippen LogP contribution is 2.25. The molecule has 0 saturated carbocycles. The van der Waals surface area contributed by atoms with Crippen molar-refractivity contribution in [3.05, 3.63) is 39.6 Å². The summed E-state index contributed by atoms with van der Waals surface area (Å²) in [6.45, 7) is 1.77. The second-order valence-corrected chi connectivity index (χ2v) is 4.14. The molecule has 1 aromatic heterocycles. The normalized spacial score (nSPS) is 10.7. The maximum Gasteiger partial charge on any atom is 0.229 e. The maximum absolute atomic E-state index is 12.9. The minimum Gasteiger partial charge on any atom is -0.269 e. The Morgan fingerprint density at radius 3 is 2.67 bits per heavy atom. The lowest BCUT2D eigenvalue weighted by atomic mass is 10.3. The van der Waals surface area contributed by atoms with Crippen LogP contribution in [0.5, 0.6) is 0 Å². The molecule has 1 heterocycles. The van der Waals surface area contributed by atoms with E-state index in [9.17, 15) is 4.39 Å². The summed E-state index contributed by atoms with van der Waals surface area (Å²) in [4.78, 5) is 0. The molecule has 0 N–H and O–H groups in total. The van der Waals surface area contributed by atoms with Crippen LogP contribution in [0.3, 0.4) is 0 Å². The van der Waals surface area contributed by atoms with E-state index >= 15 is 0 Å². The SMILES string of the molecule is Cc1nnc(Cl)n1-c1ccc(F)cc1Br. The van der Waals surface area contributed by atoms with Crippen LogP contribution in [0.2, 0.25) is 5.28 Å². The molecule has 0 fully saturated rings. The third kappa shape index (κ3) is 1.89. The number of aryl methyl sites for hydroxylation is 1. The number of nitrogens with zero attached hydrogens (tertiary/aromatic N) is 3. The molecule has 0 radical (unpaired) electrons. The van der Waals surface area contributed by atoms with E-state index in [-0.39, 0.29) is 11.1 Å². The van der Waals surface area contributed by atoms with Gasteiger partial charge in [0.25, 0.3) is 0 Å². The molecule has 1 aromatic carbocycles.